The molecule has 5 aromatic carbocycles. The summed E-state index contributed by atoms with van der Waals surface area (Å²) in [4.78, 5) is 24.3. The summed E-state index contributed by atoms with van der Waals surface area (Å²) in [6.45, 7) is 4.28. The summed E-state index contributed by atoms with van der Waals surface area (Å²) in [5, 5.41) is 21.8. The van der Waals surface area contributed by atoms with Crippen molar-refractivity contribution in [1.29, 1.82) is 0 Å². The summed E-state index contributed by atoms with van der Waals surface area (Å²) in [5.74, 6) is -1.01. The second kappa shape index (κ2) is 14.2. The van der Waals surface area contributed by atoms with Gasteiger partial charge in [0.15, 0.2) is 0 Å². The summed E-state index contributed by atoms with van der Waals surface area (Å²) < 4.78 is 34.4. The molecule has 0 aliphatic heterocycles. The molecule has 0 atom stereocenters. The molecule has 4 N–H and O–H groups in total. The molecule has 9 nitrogen and oxygen atoms in total. The third-order valence-electron chi connectivity index (χ3n) is 7.44. The molecule has 0 bridgehead atoms. The number of aromatic carboxylic acids is 1. The van der Waals surface area contributed by atoms with Crippen LogP contribution in [0.4, 0.5) is 5.69 Å². The predicted molar refractivity (Wildman–Crippen MR) is 181 cm³/mol. The van der Waals surface area contributed by atoms with Gasteiger partial charge in [-0.15, -0.1) is 0 Å². The van der Waals surface area contributed by atoms with Gasteiger partial charge in [0.2, 0.25) is 10.0 Å². The minimum Gasteiger partial charge on any atom is -0.508 e. The minimum atomic E-state index is -3.89. The Morgan fingerprint density at radius 1 is 0.787 bits per heavy atom. The Kier molecular flexibility index (Phi) is 9.91. The Morgan fingerprint density at radius 2 is 1.47 bits per heavy atom. The molecule has 10 heteroatoms. The van der Waals surface area contributed by atoms with Gasteiger partial charge < -0.3 is 20.3 Å². The summed E-state index contributed by atoms with van der Waals surface area (Å²) in [5.41, 5.74) is 6.27. The fourth-order valence-corrected chi connectivity index (χ4v) is 6.39. The lowest BCUT2D eigenvalue weighted by Gasteiger charge is -2.14. The van der Waals surface area contributed by atoms with Crippen molar-refractivity contribution in [3.8, 4) is 22.6 Å². The Balaban J connectivity index is 1.17. The number of hydrogen-bond donors (Lipinski definition) is 4. The number of amides is 1. The van der Waals surface area contributed by atoms with Crippen LogP contribution in [-0.2, 0) is 28.9 Å². The number of sulfonamides is 1. The van der Waals surface area contributed by atoms with Crippen molar-refractivity contribution >= 4 is 27.6 Å². The van der Waals surface area contributed by atoms with Crippen molar-refractivity contribution in [3.63, 3.8) is 0 Å². The van der Waals surface area contributed by atoms with Crippen LogP contribution in [0.15, 0.2) is 109 Å². The van der Waals surface area contributed by atoms with Gasteiger partial charge in [0.1, 0.15) is 18.1 Å². The van der Waals surface area contributed by atoms with Crippen molar-refractivity contribution < 1.29 is 33.0 Å². The third kappa shape index (κ3) is 8.77. The second-order valence-electron chi connectivity index (χ2n) is 11.2. The average Bonchev–Trinajstić information content (AvgIpc) is 3.03. The van der Waals surface area contributed by atoms with Crippen LogP contribution in [0.2, 0.25) is 0 Å². The molecule has 0 aliphatic rings. The lowest BCUT2D eigenvalue weighted by Crippen LogP contribution is -2.22. The van der Waals surface area contributed by atoms with E-state index in [0.717, 1.165) is 33.4 Å². The number of hydrogen-bond acceptors (Lipinski definition) is 6. The molecule has 5 rings (SSSR count). The first-order valence-electron chi connectivity index (χ1n) is 14.8. The van der Waals surface area contributed by atoms with Crippen molar-refractivity contribution in [2.45, 2.75) is 32.8 Å². The van der Waals surface area contributed by atoms with Gasteiger partial charge in [-0.05, 0) is 101 Å². The maximum absolute atomic E-state index is 12.9. The number of phenols is 1. The Hall–Kier alpha value is -5.61. The van der Waals surface area contributed by atoms with E-state index in [0.29, 0.717) is 23.5 Å². The van der Waals surface area contributed by atoms with E-state index in [2.05, 4.69) is 10.0 Å². The highest BCUT2D eigenvalue weighted by Gasteiger charge is 2.18. The molecular formula is C37H34N2O7S. The summed E-state index contributed by atoms with van der Waals surface area (Å²) >= 11 is 0. The van der Waals surface area contributed by atoms with Gasteiger partial charge in [-0.3, -0.25) is 9.52 Å². The van der Waals surface area contributed by atoms with E-state index >= 15 is 0 Å². The largest absolute Gasteiger partial charge is 0.508 e. The van der Waals surface area contributed by atoms with Crippen LogP contribution < -0.4 is 14.8 Å². The molecular weight excluding hydrogens is 616 g/mol. The Bertz CT molecular complexity index is 2020. The number of nitrogens with one attached hydrogen (secondary N) is 2. The van der Waals surface area contributed by atoms with Crippen LogP contribution >= 0.6 is 0 Å². The quantitative estimate of drug-likeness (QED) is 0.116. The molecule has 0 saturated carbocycles. The smallest absolute Gasteiger partial charge is 0.335 e. The number of ether oxygens (including phenoxy) is 1. The van der Waals surface area contributed by atoms with E-state index in [-0.39, 0.29) is 29.4 Å². The molecule has 0 spiro atoms. The molecule has 0 saturated heterocycles. The van der Waals surface area contributed by atoms with Gasteiger partial charge in [-0.1, -0.05) is 60.7 Å². The molecule has 0 aromatic heterocycles. The monoisotopic (exact) mass is 650 g/mol. The fraction of sp³-hybridized carbons (Fsp3) is 0.135. The highest BCUT2D eigenvalue weighted by molar-refractivity contribution is 7.91. The zero-order valence-electron chi connectivity index (χ0n) is 25.9. The first kappa shape index (κ1) is 32.8. The zero-order valence-corrected chi connectivity index (χ0v) is 26.7. The number of phenolic OH excluding ortho intramolecular Hbond substituents is 1. The van der Waals surface area contributed by atoms with Crippen LogP contribution in [0.3, 0.4) is 0 Å². The van der Waals surface area contributed by atoms with Gasteiger partial charge in [0, 0.05) is 17.8 Å². The highest BCUT2D eigenvalue weighted by atomic mass is 32.2. The van der Waals surface area contributed by atoms with Gasteiger partial charge in [-0.2, -0.15) is 0 Å². The SMILES string of the molecule is Cc1cc(COc2ccc(CNC(=O)c3ccc(-c4ccc(O)cc4)cc3)cc2C)cc(NS(=O)(=O)Cc2ccccc2C(=O)O)c1. The molecule has 0 aliphatic carbocycles. The number of benzene rings is 5. The first-order chi connectivity index (χ1) is 22.5. The van der Waals surface area contributed by atoms with Crippen molar-refractivity contribution in [2.75, 3.05) is 4.72 Å². The number of carboxylic acid groups (broad SMARTS) is 1. The number of aryl methyl sites for hydroxylation is 2. The van der Waals surface area contributed by atoms with E-state index < -0.39 is 21.7 Å². The van der Waals surface area contributed by atoms with E-state index in [1.54, 1.807) is 48.5 Å². The third-order valence-corrected chi connectivity index (χ3v) is 8.68. The molecule has 0 heterocycles. The van der Waals surface area contributed by atoms with Crippen LogP contribution in [0, 0.1) is 13.8 Å². The molecule has 5 aromatic rings. The maximum Gasteiger partial charge on any atom is 0.335 e. The van der Waals surface area contributed by atoms with E-state index in [1.165, 1.54) is 12.1 Å². The first-order valence-corrected chi connectivity index (χ1v) is 16.4. The van der Waals surface area contributed by atoms with Gasteiger partial charge in [0.25, 0.3) is 5.91 Å². The number of rotatable bonds is 12. The van der Waals surface area contributed by atoms with E-state index in [1.807, 2.05) is 62.4 Å². The summed E-state index contributed by atoms with van der Waals surface area (Å²) in [6, 6.07) is 31.1. The fourth-order valence-electron chi connectivity index (χ4n) is 5.18. The number of aromatic hydroxyl groups is 1. The van der Waals surface area contributed by atoms with Gasteiger partial charge >= 0.3 is 5.97 Å². The molecule has 47 heavy (non-hydrogen) atoms. The standard InChI is InChI=1S/C37H34N2O7S/c1-24-17-27(20-32(18-24)39-47(44,45)23-31-5-3-4-6-34(31)37(42)43)22-46-35-16-7-26(19-25(35)2)21-38-36(41)30-10-8-28(9-11-30)29-12-14-33(40)15-13-29/h3-20,39-40H,21-23H2,1-2H3,(H,38,41)(H,42,43). The van der Waals surface area contributed by atoms with Crippen LogP contribution in [0.1, 0.15) is 48.5 Å². The van der Waals surface area contributed by atoms with Crippen molar-refractivity contribution in [3.05, 3.63) is 148 Å². The zero-order chi connectivity index (χ0) is 33.6. The van der Waals surface area contributed by atoms with E-state index in [4.69, 9.17) is 4.74 Å². The number of carbonyl (C=O) groups is 2. The highest BCUT2D eigenvalue weighted by Crippen LogP contribution is 2.25. The Labute approximate surface area is 273 Å². The second-order valence-corrected chi connectivity index (χ2v) is 12.9. The molecule has 0 fully saturated rings. The number of carbonyl (C=O) groups excluding carboxylic acids is 1. The van der Waals surface area contributed by atoms with Gasteiger partial charge in [0.05, 0.1) is 11.3 Å². The topological polar surface area (TPSA) is 142 Å². The molecule has 240 valence electrons. The maximum atomic E-state index is 12.9. The van der Waals surface area contributed by atoms with Gasteiger partial charge in [-0.25, -0.2) is 13.2 Å². The van der Waals surface area contributed by atoms with Crippen LogP contribution in [-0.4, -0.2) is 30.5 Å². The molecule has 0 radical (unpaired) electrons. The average molecular weight is 651 g/mol. The predicted octanol–water partition coefficient (Wildman–Crippen LogP) is 6.83. The molecule has 1 amide bonds. The lowest BCUT2D eigenvalue weighted by atomic mass is 10.0. The van der Waals surface area contributed by atoms with Crippen molar-refractivity contribution in [1.82, 2.24) is 5.32 Å². The molecule has 0 unspecified atom stereocenters. The minimum absolute atomic E-state index is 0.0579. The van der Waals surface area contributed by atoms with Crippen LogP contribution in [0.5, 0.6) is 11.5 Å². The van der Waals surface area contributed by atoms with E-state index in [9.17, 15) is 28.2 Å². The summed E-state index contributed by atoms with van der Waals surface area (Å²) in [6.07, 6.45) is 0. The normalized spacial score (nSPS) is 11.1. The summed E-state index contributed by atoms with van der Waals surface area (Å²) in [7, 11) is -3.89. The van der Waals surface area contributed by atoms with Crippen molar-refractivity contribution in [2.24, 2.45) is 0 Å². The number of carboxylic acids is 1. The Morgan fingerprint density at radius 3 is 2.15 bits per heavy atom. The number of anilines is 1. The lowest BCUT2D eigenvalue weighted by molar-refractivity contribution is 0.0695. The van der Waals surface area contributed by atoms with Crippen LogP contribution in [0.25, 0.3) is 11.1 Å².